The van der Waals surface area contributed by atoms with Crippen LogP contribution < -0.4 is 0 Å². The van der Waals surface area contributed by atoms with Crippen LogP contribution in [0.3, 0.4) is 0 Å². The van der Waals surface area contributed by atoms with E-state index in [9.17, 15) is 5.11 Å². The molecule has 0 aromatic rings. The molecule has 1 N–H and O–H groups in total. The molecular formula is C13H22O2. The highest BCUT2D eigenvalue weighted by atomic mass is 16.6. The lowest BCUT2D eigenvalue weighted by Crippen LogP contribution is -2.47. The summed E-state index contributed by atoms with van der Waals surface area (Å²) in [6.45, 7) is 0. The highest BCUT2D eigenvalue weighted by Gasteiger charge is 2.67. The van der Waals surface area contributed by atoms with Crippen molar-refractivity contribution in [3.63, 3.8) is 0 Å². The van der Waals surface area contributed by atoms with Crippen LogP contribution in [0, 0.1) is 0 Å². The lowest BCUT2D eigenvalue weighted by atomic mass is 9.73. The molecule has 0 aromatic heterocycles. The van der Waals surface area contributed by atoms with Crippen molar-refractivity contribution in [1.82, 2.24) is 0 Å². The molecule has 2 aliphatic carbocycles. The van der Waals surface area contributed by atoms with Gasteiger partial charge in [0, 0.05) is 0 Å². The molecule has 1 heterocycles. The van der Waals surface area contributed by atoms with Crippen LogP contribution in [0.4, 0.5) is 0 Å². The Kier molecular flexibility index (Phi) is 2.33. The predicted octanol–water partition coefficient (Wildman–Crippen LogP) is 2.78. The molecule has 15 heavy (non-hydrogen) atoms. The summed E-state index contributed by atoms with van der Waals surface area (Å²) in [7, 11) is 0. The predicted molar refractivity (Wildman–Crippen MR) is 58.7 cm³/mol. The lowest BCUT2D eigenvalue weighted by Gasteiger charge is -2.35. The third-order valence-electron chi connectivity index (χ3n) is 4.80. The normalized spacial score (nSPS) is 44.2. The maximum absolute atomic E-state index is 10.9. The van der Waals surface area contributed by atoms with Gasteiger partial charge in [0.2, 0.25) is 0 Å². The van der Waals surface area contributed by atoms with Crippen LogP contribution >= 0.6 is 0 Å². The first-order valence-corrected chi connectivity index (χ1v) is 6.67. The molecule has 2 nitrogen and oxygen atoms in total. The third-order valence-corrected chi connectivity index (χ3v) is 4.80. The van der Waals surface area contributed by atoms with Gasteiger partial charge in [0.05, 0.1) is 11.7 Å². The molecule has 0 amide bonds. The van der Waals surface area contributed by atoms with E-state index in [1.165, 1.54) is 44.9 Å². The fourth-order valence-corrected chi connectivity index (χ4v) is 3.83. The van der Waals surface area contributed by atoms with Gasteiger partial charge in [0.25, 0.3) is 0 Å². The Hall–Kier alpha value is -0.0800. The Labute approximate surface area is 92.0 Å². The summed E-state index contributed by atoms with van der Waals surface area (Å²) < 4.78 is 5.91. The lowest BCUT2D eigenvalue weighted by molar-refractivity contribution is -0.0553. The highest BCUT2D eigenvalue weighted by molar-refractivity contribution is 5.17. The fourth-order valence-electron chi connectivity index (χ4n) is 3.83. The third kappa shape index (κ3) is 1.45. The molecule has 2 saturated carbocycles. The smallest absolute Gasteiger partial charge is 0.123 e. The quantitative estimate of drug-likeness (QED) is 0.533. The molecule has 0 spiro atoms. The fraction of sp³-hybridized carbons (Fsp3) is 1.00. The molecule has 2 atom stereocenters. The number of hydrogen-bond acceptors (Lipinski definition) is 2. The minimum Gasteiger partial charge on any atom is -0.387 e. The largest absolute Gasteiger partial charge is 0.387 e. The second-order valence-electron chi connectivity index (χ2n) is 5.69. The van der Waals surface area contributed by atoms with Crippen LogP contribution in [0.15, 0.2) is 0 Å². The standard InChI is InChI=1S/C13H22O2/c14-12(8-4-1-2-5-9-12)13-10-6-3-7-11(13)15-13/h11,14H,1-10H2/t11-,13+/m0/s1. The second-order valence-corrected chi connectivity index (χ2v) is 5.69. The minimum atomic E-state index is -0.478. The van der Waals surface area contributed by atoms with Crippen molar-refractivity contribution in [2.24, 2.45) is 0 Å². The molecule has 1 saturated heterocycles. The first-order chi connectivity index (χ1) is 7.27. The van der Waals surface area contributed by atoms with Crippen LogP contribution in [0.1, 0.15) is 64.2 Å². The van der Waals surface area contributed by atoms with E-state index < -0.39 is 5.60 Å². The van der Waals surface area contributed by atoms with E-state index in [1.807, 2.05) is 0 Å². The van der Waals surface area contributed by atoms with E-state index in [1.54, 1.807) is 0 Å². The van der Waals surface area contributed by atoms with Crippen LogP contribution in [0.25, 0.3) is 0 Å². The Morgan fingerprint density at radius 2 is 1.53 bits per heavy atom. The van der Waals surface area contributed by atoms with E-state index in [0.717, 1.165) is 19.3 Å². The molecule has 3 aliphatic rings. The second kappa shape index (κ2) is 3.46. The number of aliphatic hydroxyl groups is 1. The number of rotatable bonds is 1. The molecule has 3 fully saturated rings. The number of epoxide rings is 1. The maximum atomic E-state index is 10.9. The van der Waals surface area contributed by atoms with Crippen LogP contribution in [0.2, 0.25) is 0 Å². The zero-order chi connectivity index (χ0) is 10.4. The van der Waals surface area contributed by atoms with Crippen molar-refractivity contribution in [2.75, 3.05) is 0 Å². The molecule has 0 aromatic carbocycles. The van der Waals surface area contributed by atoms with Crippen molar-refractivity contribution < 1.29 is 9.84 Å². The van der Waals surface area contributed by atoms with Gasteiger partial charge in [-0.25, -0.2) is 0 Å². The molecular weight excluding hydrogens is 188 g/mol. The monoisotopic (exact) mass is 210 g/mol. The minimum absolute atomic E-state index is 0.102. The zero-order valence-corrected chi connectivity index (χ0v) is 9.50. The van der Waals surface area contributed by atoms with Crippen LogP contribution in [-0.4, -0.2) is 22.4 Å². The topological polar surface area (TPSA) is 32.8 Å². The van der Waals surface area contributed by atoms with Gasteiger partial charge < -0.3 is 9.84 Å². The van der Waals surface area contributed by atoms with Gasteiger partial charge in [0.1, 0.15) is 5.60 Å². The summed E-state index contributed by atoms with van der Waals surface area (Å²) >= 11 is 0. The van der Waals surface area contributed by atoms with E-state index in [-0.39, 0.29) is 5.60 Å². The average Bonchev–Trinajstić information content (AvgIpc) is 2.99. The number of hydrogen-bond donors (Lipinski definition) is 1. The van der Waals surface area contributed by atoms with Crippen molar-refractivity contribution in [1.29, 1.82) is 0 Å². The molecule has 0 radical (unpaired) electrons. The van der Waals surface area contributed by atoms with Gasteiger partial charge in [-0.1, -0.05) is 38.5 Å². The molecule has 3 rings (SSSR count). The van der Waals surface area contributed by atoms with Crippen molar-refractivity contribution in [3.8, 4) is 0 Å². The van der Waals surface area contributed by atoms with Gasteiger partial charge in [-0.15, -0.1) is 0 Å². The SMILES string of the molecule is OC1([C@@]23CCCC[C@@H]2O3)CCCCCC1. The summed E-state index contributed by atoms with van der Waals surface area (Å²) in [6, 6.07) is 0. The summed E-state index contributed by atoms with van der Waals surface area (Å²) in [5, 5.41) is 10.9. The van der Waals surface area contributed by atoms with Crippen molar-refractivity contribution >= 4 is 0 Å². The van der Waals surface area contributed by atoms with Gasteiger partial charge in [-0.05, 0) is 25.7 Å². The Morgan fingerprint density at radius 3 is 2.20 bits per heavy atom. The number of fused-ring (bicyclic) bond motifs is 1. The van der Waals surface area contributed by atoms with E-state index >= 15 is 0 Å². The number of ether oxygens (including phenoxy) is 1. The maximum Gasteiger partial charge on any atom is 0.123 e. The first-order valence-electron chi connectivity index (χ1n) is 6.67. The molecule has 86 valence electrons. The Morgan fingerprint density at radius 1 is 0.867 bits per heavy atom. The van der Waals surface area contributed by atoms with E-state index in [0.29, 0.717) is 6.10 Å². The van der Waals surface area contributed by atoms with Crippen molar-refractivity contribution in [2.45, 2.75) is 81.5 Å². The summed E-state index contributed by atoms with van der Waals surface area (Å²) in [5.74, 6) is 0. The van der Waals surface area contributed by atoms with Gasteiger partial charge in [-0.2, -0.15) is 0 Å². The van der Waals surface area contributed by atoms with Crippen molar-refractivity contribution in [3.05, 3.63) is 0 Å². The summed E-state index contributed by atoms with van der Waals surface area (Å²) in [5.41, 5.74) is -0.579. The van der Waals surface area contributed by atoms with Crippen LogP contribution in [0.5, 0.6) is 0 Å². The zero-order valence-electron chi connectivity index (χ0n) is 9.50. The molecule has 0 bridgehead atoms. The van der Waals surface area contributed by atoms with Crippen LogP contribution in [-0.2, 0) is 4.74 Å². The Bertz CT molecular complexity index is 243. The van der Waals surface area contributed by atoms with Gasteiger partial charge in [0.15, 0.2) is 0 Å². The summed E-state index contributed by atoms with van der Waals surface area (Å²) in [4.78, 5) is 0. The molecule has 1 aliphatic heterocycles. The first kappa shape index (κ1) is 10.1. The van der Waals surface area contributed by atoms with E-state index in [4.69, 9.17) is 4.74 Å². The Balaban J connectivity index is 1.79. The van der Waals surface area contributed by atoms with Gasteiger partial charge >= 0.3 is 0 Å². The molecule has 2 heteroatoms. The molecule has 0 unspecified atom stereocenters. The van der Waals surface area contributed by atoms with Gasteiger partial charge in [-0.3, -0.25) is 0 Å². The highest BCUT2D eigenvalue weighted by Crippen LogP contribution is 2.57. The summed E-state index contributed by atoms with van der Waals surface area (Å²) in [6.07, 6.45) is 12.1. The average molecular weight is 210 g/mol. The van der Waals surface area contributed by atoms with E-state index in [2.05, 4.69) is 0 Å².